The van der Waals surface area contributed by atoms with Gasteiger partial charge in [0, 0.05) is 30.3 Å². The van der Waals surface area contributed by atoms with E-state index in [0.29, 0.717) is 24.3 Å². The Kier molecular flexibility index (Phi) is 8.15. The highest BCUT2D eigenvalue weighted by Crippen LogP contribution is 2.37. The number of benzene rings is 2. The van der Waals surface area contributed by atoms with E-state index in [0.717, 1.165) is 5.56 Å². The molecule has 2 saturated heterocycles. The van der Waals surface area contributed by atoms with Crippen molar-refractivity contribution in [3.63, 3.8) is 0 Å². The zero-order valence-corrected chi connectivity index (χ0v) is 22.3. The van der Waals surface area contributed by atoms with Gasteiger partial charge in [0.1, 0.15) is 0 Å². The second-order valence-corrected chi connectivity index (χ2v) is 10.6. The Hall–Kier alpha value is -3.73. The first-order valence-corrected chi connectivity index (χ1v) is 12.7. The number of likely N-dealkylation sites (tertiary alicyclic amines) is 1. The van der Waals surface area contributed by atoms with Gasteiger partial charge in [0.15, 0.2) is 0 Å². The molecule has 38 heavy (non-hydrogen) atoms. The largest absolute Gasteiger partial charge is 0.335 e. The van der Waals surface area contributed by atoms with Crippen molar-refractivity contribution in [1.29, 1.82) is 0 Å². The summed E-state index contributed by atoms with van der Waals surface area (Å²) in [5, 5.41) is 8.93. The van der Waals surface area contributed by atoms with Gasteiger partial charge in [-0.25, -0.2) is 10.2 Å². The summed E-state index contributed by atoms with van der Waals surface area (Å²) < 4.78 is 0. The van der Waals surface area contributed by atoms with Gasteiger partial charge >= 0.3 is 6.03 Å². The molecule has 2 heterocycles. The number of nitrogens with one attached hydrogen (secondary N) is 5. The van der Waals surface area contributed by atoms with Crippen LogP contribution in [0.15, 0.2) is 67.3 Å². The second-order valence-electron chi connectivity index (χ2n) is 10.6. The molecule has 0 aromatic heterocycles. The normalized spacial score (nSPS) is 22.4. The minimum absolute atomic E-state index is 0.0487. The van der Waals surface area contributed by atoms with Gasteiger partial charge in [-0.1, -0.05) is 43.0 Å². The van der Waals surface area contributed by atoms with Crippen molar-refractivity contribution >= 4 is 23.5 Å². The van der Waals surface area contributed by atoms with Gasteiger partial charge < -0.3 is 25.8 Å². The molecule has 0 aliphatic carbocycles. The molecule has 2 aromatic rings. The molecule has 4 atom stereocenters. The maximum Gasteiger partial charge on any atom is 0.318 e. The van der Waals surface area contributed by atoms with Crippen LogP contribution in [-0.2, 0) is 4.79 Å². The summed E-state index contributed by atoms with van der Waals surface area (Å²) in [4.78, 5) is 42.2. The van der Waals surface area contributed by atoms with Crippen LogP contribution < -0.4 is 26.8 Å². The highest BCUT2D eigenvalue weighted by atomic mass is 16.2. The average molecular weight is 520 g/mol. The molecule has 0 radical (unpaired) electrons. The van der Waals surface area contributed by atoms with Crippen molar-refractivity contribution in [3.8, 4) is 0 Å². The number of amides is 4. The summed E-state index contributed by atoms with van der Waals surface area (Å²) in [6, 6.07) is 16.3. The Morgan fingerprint density at radius 3 is 2.55 bits per heavy atom. The van der Waals surface area contributed by atoms with Crippen molar-refractivity contribution < 1.29 is 14.4 Å². The van der Waals surface area contributed by atoms with Crippen LogP contribution in [-0.4, -0.2) is 72.6 Å². The predicted octanol–water partition coefficient (Wildman–Crippen LogP) is 2.07. The third-order valence-electron chi connectivity index (χ3n) is 7.26. The zero-order chi connectivity index (χ0) is 27.4. The van der Waals surface area contributed by atoms with E-state index >= 15 is 0 Å². The van der Waals surface area contributed by atoms with E-state index in [-0.39, 0.29) is 42.0 Å². The summed E-state index contributed by atoms with van der Waals surface area (Å²) in [6.07, 6.45) is 0.788. The monoisotopic (exact) mass is 519 g/mol. The topological polar surface area (TPSA) is 118 Å². The first kappa shape index (κ1) is 27.3. The van der Waals surface area contributed by atoms with E-state index in [9.17, 15) is 14.4 Å². The van der Waals surface area contributed by atoms with Crippen LogP contribution in [0.5, 0.6) is 0 Å². The third-order valence-corrected chi connectivity index (χ3v) is 7.26. The Morgan fingerprint density at radius 1 is 1.13 bits per heavy atom. The van der Waals surface area contributed by atoms with Crippen LogP contribution in [0, 0.1) is 5.92 Å². The Morgan fingerprint density at radius 2 is 1.87 bits per heavy atom. The molecular weight excluding hydrogens is 482 g/mol. The number of hydrogen-bond acceptors (Lipinski definition) is 6. The molecule has 10 heteroatoms. The number of anilines is 1. The molecule has 2 fully saturated rings. The van der Waals surface area contributed by atoms with Gasteiger partial charge in [0.05, 0.1) is 23.8 Å². The Bertz CT molecular complexity index is 1180. The number of hydrogen-bond donors (Lipinski definition) is 5. The van der Waals surface area contributed by atoms with Crippen molar-refractivity contribution in [2.24, 2.45) is 5.92 Å². The molecule has 2 aliphatic rings. The maximum absolute atomic E-state index is 13.6. The van der Waals surface area contributed by atoms with Gasteiger partial charge in [-0.3, -0.25) is 15.0 Å². The lowest BCUT2D eigenvalue weighted by Gasteiger charge is -2.37. The van der Waals surface area contributed by atoms with Crippen LogP contribution in [0.2, 0.25) is 0 Å². The van der Waals surface area contributed by atoms with Gasteiger partial charge in [-0.2, -0.15) is 0 Å². The minimum atomic E-state index is -0.504. The lowest BCUT2D eigenvalue weighted by molar-refractivity contribution is -0.111. The molecular formula is C28H37N7O3. The molecule has 10 nitrogen and oxygen atoms in total. The van der Waals surface area contributed by atoms with E-state index < -0.39 is 5.54 Å². The fourth-order valence-electron chi connectivity index (χ4n) is 5.27. The summed E-state index contributed by atoms with van der Waals surface area (Å²) in [7, 11) is 3.97. The molecule has 4 rings (SSSR count). The van der Waals surface area contributed by atoms with E-state index in [2.05, 4.69) is 38.3 Å². The smallest absolute Gasteiger partial charge is 0.318 e. The number of carbonyl (C=O) groups is 3. The van der Waals surface area contributed by atoms with Crippen LogP contribution in [0.3, 0.4) is 0 Å². The van der Waals surface area contributed by atoms with Gasteiger partial charge in [0.25, 0.3) is 5.91 Å². The van der Waals surface area contributed by atoms with Crippen LogP contribution in [0.1, 0.15) is 35.8 Å². The fraction of sp³-hybridized carbons (Fsp3) is 0.393. The van der Waals surface area contributed by atoms with Crippen molar-refractivity contribution in [2.75, 3.05) is 32.5 Å². The number of nitrogens with zero attached hydrogens (tertiary/aromatic N) is 2. The van der Waals surface area contributed by atoms with Crippen LogP contribution in [0.25, 0.3) is 0 Å². The average Bonchev–Trinajstić information content (AvgIpc) is 3.41. The lowest BCUT2D eigenvalue weighted by atomic mass is 9.90. The standard InChI is InChI=1S/C28H37N7O3/c1-6-23(36)29-20-14-10-13-19(15-20)26(37)31-25-21-16-35(28(2,3)24(21)32-33-25)27(38)30-22(17-34(4)5)18-11-8-7-9-12-18/h6-15,21-22,24-25,32-33H,1,16-17H2,2-5H3,(H,29,36)(H,30,38)(H,31,37)/t21?,22-,24?,25?/m1/s1. The molecule has 202 valence electrons. The molecule has 2 aromatic carbocycles. The first-order chi connectivity index (χ1) is 18.1. The molecule has 4 amide bonds. The fourth-order valence-corrected chi connectivity index (χ4v) is 5.27. The quantitative estimate of drug-likeness (QED) is 0.341. The number of carbonyl (C=O) groups excluding carboxylic acids is 3. The van der Waals surface area contributed by atoms with Gasteiger partial charge in [-0.05, 0) is 57.8 Å². The number of rotatable bonds is 8. The summed E-state index contributed by atoms with van der Waals surface area (Å²) in [5.41, 5.74) is 7.96. The summed E-state index contributed by atoms with van der Waals surface area (Å²) in [6.45, 7) is 8.65. The van der Waals surface area contributed by atoms with Crippen LogP contribution >= 0.6 is 0 Å². The zero-order valence-electron chi connectivity index (χ0n) is 22.3. The van der Waals surface area contributed by atoms with Gasteiger partial charge in [-0.15, -0.1) is 0 Å². The van der Waals surface area contributed by atoms with E-state index in [1.54, 1.807) is 24.3 Å². The first-order valence-electron chi connectivity index (χ1n) is 12.7. The van der Waals surface area contributed by atoms with Gasteiger partial charge in [0.2, 0.25) is 5.91 Å². The number of urea groups is 1. The predicted molar refractivity (Wildman–Crippen MR) is 147 cm³/mol. The number of hydrazine groups is 1. The lowest BCUT2D eigenvalue weighted by Crippen LogP contribution is -2.57. The van der Waals surface area contributed by atoms with Crippen molar-refractivity contribution in [3.05, 3.63) is 78.4 Å². The molecule has 5 N–H and O–H groups in total. The SMILES string of the molecule is C=CC(=O)Nc1cccc(C(=O)NC2NNC3C2CN(C(=O)N[C@H](CN(C)C)c2ccccc2)C3(C)C)c1. The Labute approximate surface area is 223 Å². The van der Waals surface area contributed by atoms with E-state index in [4.69, 9.17) is 0 Å². The third kappa shape index (κ3) is 5.88. The Balaban J connectivity index is 1.44. The highest BCUT2D eigenvalue weighted by Gasteiger charge is 2.55. The molecule has 0 bridgehead atoms. The van der Waals surface area contributed by atoms with Crippen LogP contribution in [0.4, 0.5) is 10.5 Å². The minimum Gasteiger partial charge on any atom is -0.335 e. The molecule has 0 spiro atoms. The molecule has 2 aliphatic heterocycles. The van der Waals surface area contributed by atoms with E-state index in [1.165, 1.54) is 6.08 Å². The van der Waals surface area contributed by atoms with Crippen molar-refractivity contribution in [2.45, 2.75) is 37.6 Å². The molecule has 0 saturated carbocycles. The van der Waals surface area contributed by atoms with E-state index in [1.807, 2.05) is 63.2 Å². The highest BCUT2D eigenvalue weighted by molar-refractivity contribution is 6.00. The number of fused-ring (bicyclic) bond motifs is 1. The molecule has 3 unspecified atom stereocenters. The summed E-state index contributed by atoms with van der Waals surface area (Å²) in [5.74, 6) is -0.679. The number of likely N-dealkylation sites (N-methyl/N-ethyl adjacent to an activating group) is 1. The summed E-state index contributed by atoms with van der Waals surface area (Å²) >= 11 is 0. The second kappa shape index (κ2) is 11.3. The van der Waals surface area contributed by atoms with Crippen molar-refractivity contribution in [1.82, 2.24) is 31.3 Å². The maximum atomic E-state index is 13.6.